The molecule has 2 aromatic carbocycles. The molecule has 1 amide bonds. The minimum atomic E-state index is -5.24. The summed E-state index contributed by atoms with van der Waals surface area (Å²) in [5.41, 5.74) is -3.77. The molecule has 1 N–H and O–H groups in total. The van der Waals surface area contributed by atoms with Gasteiger partial charge < -0.3 is 0 Å². The summed E-state index contributed by atoms with van der Waals surface area (Å²) in [6.07, 6.45) is -5.24. The van der Waals surface area contributed by atoms with Crippen molar-refractivity contribution in [2.45, 2.75) is 18.0 Å². The second-order valence-electron chi connectivity index (χ2n) is 6.09. The Morgan fingerprint density at radius 1 is 1.16 bits per heavy atom. The summed E-state index contributed by atoms with van der Waals surface area (Å²) < 4.78 is 81.7. The van der Waals surface area contributed by atoms with E-state index in [-0.39, 0.29) is 20.3 Å². The van der Waals surface area contributed by atoms with E-state index >= 15 is 0 Å². The molecule has 0 aliphatic carbocycles. The number of benzene rings is 2. The van der Waals surface area contributed by atoms with Crippen LogP contribution in [0.15, 0.2) is 41.3 Å². The van der Waals surface area contributed by atoms with Gasteiger partial charge in [0.15, 0.2) is 11.4 Å². The third kappa shape index (κ3) is 4.50. The molecule has 0 fully saturated rings. The first-order valence-electron chi connectivity index (χ1n) is 8.13. The van der Waals surface area contributed by atoms with Crippen LogP contribution in [-0.4, -0.2) is 29.3 Å². The zero-order valence-corrected chi connectivity index (χ0v) is 17.5. The highest BCUT2D eigenvalue weighted by atomic mass is 35.5. The van der Waals surface area contributed by atoms with Gasteiger partial charge in [-0.05, 0) is 42.8 Å². The maximum atomic E-state index is 14.1. The van der Waals surface area contributed by atoms with E-state index in [9.17, 15) is 30.8 Å². The van der Waals surface area contributed by atoms with Crippen LogP contribution >= 0.6 is 23.2 Å². The van der Waals surface area contributed by atoms with Crippen LogP contribution < -0.4 is 4.72 Å². The Morgan fingerprint density at radius 3 is 2.45 bits per heavy atom. The topological polar surface area (TPSA) is 93.9 Å². The van der Waals surface area contributed by atoms with Crippen LogP contribution in [0, 0.1) is 12.7 Å². The van der Waals surface area contributed by atoms with E-state index < -0.39 is 49.9 Å². The Labute approximate surface area is 182 Å². The first-order chi connectivity index (χ1) is 14.3. The lowest BCUT2D eigenvalue weighted by atomic mass is 10.2. The second kappa shape index (κ2) is 8.09. The van der Waals surface area contributed by atoms with Gasteiger partial charge in [-0.15, -0.1) is 5.10 Å². The number of nitrogens with one attached hydrogen (secondary N) is 1. The number of alkyl halides is 3. The van der Waals surface area contributed by atoms with Gasteiger partial charge in [-0.3, -0.25) is 4.79 Å². The minimum absolute atomic E-state index is 0.0395. The molecular formula is C17H10Cl2F4N4O3S. The number of amides is 1. The van der Waals surface area contributed by atoms with Gasteiger partial charge in [-0.2, -0.15) is 13.2 Å². The molecule has 3 aromatic rings. The number of nitrogens with zero attached hydrogens (tertiary/aromatic N) is 3. The maximum Gasteiger partial charge on any atom is 0.435 e. The predicted octanol–water partition coefficient (Wildman–Crippen LogP) is 4.16. The number of carbonyl (C=O) groups is 1. The van der Waals surface area contributed by atoms with Gasteiger partial charge in [0.1, 0.15) is 11.5 Å². The molecule has 0 aliphatic rings. The third-order valence-electron chi connectivity index (χ3n) is 4.03. The quantitative estimate of drug-likeness (QED) is 0.547. The Balaban J connectivity index is 2.08. The second-order valence-corrected chi connectivity index (χ2v) is 8.58. The molecule has 0 unspecified atom stereocenters. The zero-order chi connectivity index (χ0) is 23.1. The van der Waals surface area contributed by atoms with Crippen molar-refractivity contribution in [3.05, 3.63) is 69.2 Å². The normalized spacial score (nSPS) is 12.1. The molecule has 31 heavy (non-hydrogen) atoms. The fourth-order valence-corrected chi connectivity index (χ4v) is 4.23. The van der Waals surface area contributed by atoms with E-state index in [1.807, 2.05) is 0 Å². The Bertz CT molecular complexity index is 1290. The number of hydrogen-bond donors (Lipinski definition) is 1. The first-order valence-corrected chi connectivity index (χ1v) is 10.4. The smallest absolute Gasteiger partial charge is 0.266 e. The summed E-state index contributed by atoms with van der Waals surface area (Å²) >= 11 is 11.5. The fourth-order valence-electron chi connectivity index (χ4n) is 2.61. The van der Waals surface area contributed by atoms with Crippen LogP contribution in [0.25, 0.3) is 5.69 Å². The summed E-state index contributed by atoms with van der Waals surface area (Å²) in [5.74, 6) is -2.88. The molecule has 0 saturated carbocycles. The molecule has 0 bridgehead atoms. The highest BCUT2D eigenvalue weighted by Crippen LogP contribution is 2.34. The SMILES string of the molecule is Cc1c(Cl)cccc1S(=O)(=O)NC(=O)c1nnn(-c2ccc(Cl)cc2F)c1C(F)(F)F. The number of halogens is 6. The molecule has 0 radical (unpaired) electrons. The summed E-state index contributed by atoms with van der Waals surface area (Å²) in [7, 11) is -4.61. The lowest BCUT2D eigenvalue weighted by Gasteiger charge is -2.13. The van der Waals surface area contributed by atoms with Crippen molar-refractivity contribution in [1.82, 2.24) is 19.7 Å². The lowest BCUT2D eigenvalue weighted by Crippen LogP contribution is -2.33. The predicted molar refractivity (Wildman–Crippen MR) is 102 cm³/mol. The maximum absolute atomic E-state index is 14.1. The molecular weight excluding hydrogens is 487 g/mol. The molecule has 0 aliphatic heterocycles. The van der Waals surface area contributed by atoms with Crippen LogP contribution in [0.2, 0.25) is 10.0 Å². The van der Waals surface area contributed by atoms with Crippen LogP contribution in [0.5, 0.6) is 0 Å². The van der Waals surface area contributed by atoms with E-state index in [2.05, 4.69) is 10.3 Å². The van der Waals surface area contributed by atoms with Crippen molar-refractivity contribution in [2.24, 2.45) is 0 Å². The average molecular weight is 497 g/mol. The summed E-state index contributed by atoms with van der Waals surface area (Å²) in [5, 5.41) is 6.29. The molecule has 164 valence electrons. The molecule has 3 rings (SSSR count). The molecule has 14 heteroatoms. The van der Waals surface area contributed by atoms with Gasteiger partial charge in [0, 0.05) is 10.0 Å². The monoisotopic (exact) mass is 496 g/mol. The van der Waals surface area contributed by atoms with Gasteiger partial charge in [-0.25, -0.2) is 22.2 Å². The van der Waals surface area contributed by atoms with Gasteiger partial charge >= 0.3 is 6.18 Å². The molecule has 0 atom stereocenters. The van der Waals surface area contributed by atoms with Gasteiger partial charge in [0.25, 0.3) is 15.9 Å². The lowest BCUT2D eigenvalue weighted by molar-refractivity contribution is -0.143. The molecule has 1 heterocycles. The van der Waals surface area contributed by atoms with E-state index in [0.717, 1.165) is 24.3 Å². The van der Waals surface area contributed by atoms with Gasteiger partial charge in [-0.1, -0.05) is 34.5 Å². The third-order valence-corrected chi connectivity index (χ3v) is 6.15. The van der Waals surface area contributed by atoms with Gasteiger partial charge in [0.05, 0.1) is 4.90 Å². The van der Waals surface area contributed by atoms with E-state index in [1.54, 1.807) is 0 Å². The van der Waals surface area contributed by atoms with Crippen molar-refractivity contribution in [2.75, 3.05) is 0 Å². The molecule has 7 nitrogen and oxygen atoms in total. The zero-order valence-electron chi connectivity index (χ0n) is 15.2. The van der Waals surface area contributed by atoms with E-state index in [4.69, 9.17) is 23.2 Å². The van der Waals surface area contributed by atoms with Crippen LogP contribution in [-0.2, 0) is 16.2 Å². The standard InChI is InChI=1S/C17H10Cl2F4N4O3S/c1-8-10(19)3-2-4-13(8)31(29,30)25-16(28)14-15(17(21,22)23)27(26-24-14)12-6-5-9(18)7-11(12)20/h2-7H,1H3,(H,25,28). The Hall–Kier alpha value is -2.70. The summed E-state index contributed by atoms with van der Waals surface area (Å²) in [6, 6.07) is 6.54. The van der Waals surface area contributed by atoms with E-state index in [1.165, 1.54) is 23.8 Å². The van der Waals surface area contributed by atoms with Crippen molar-refractivity contribution in [1.29, 1.82) is 0 Å². The van der Waals surface area contributed by atoms with Crippen molar-refractivity contribution < 1.29 is 30.8 Å². The Kier molecular flexibility index (Phi) is 6.00. The first kappa shape index (κ1) is 23.0. The average Bonchev–Trinajstić information content (AvgIpc) is 3.09. The van der Waals surface area contributed by atoms with Crippen molar-refractivity contribution >= 4 is 39.1 Å². The van der Waals surface area contributed by atoms with Crippen LogP contribution in [0.1, 0.15) is 21.7 Å². The molecule has 0 spiro atoms. The number of hydrogen-bond acceptors (Lipinski definition) is 5. The number of rotatable bonds is 4. The van der Waals surface area contributed by atoms with Crippen molar-refractivity contribution in [3.8, 4) is 5.69 Å². The Morgan fingerprint density at radius 2 is 1.84 bits per heavy atom. The van der Waals surface area contributed by atoms with Gasteiger partial charge in [0.2, 0.25) is 0 Å². The molecule has 1 aromatic heterocycles. The minimum Gasteiger partial charge on any atom is -0.266 e. The fraction of sp³-hybridized carbons (Fsp3) is 0.118. The largest absolute Gasteiger partial charge is 0.435 e. The number of carbonyl (C=O) groups excluding carboxylic acids is 1. The van der Waals surface area contributed by atoms with Crippen LogP contribution in [0.3, 0.4) is 0 Å². The summed E-state index contributed by atoms with van der Waals surface area (Å²) in [4.78, 5) is 12.0. The highest BCUT2D eigenvalue weighted by Gasteiger charge is 2.43. The van der Waals surface area contributed by atoms with Crippen LogP contribution in [0.4, 0.5) is 17.6 Å². The van der Waals surface area contributed by atoms with Crippen molar-refractivity contribution in [3.63, 3.8) is 0 Å². The summed E-state index contributed by atoms with van der Waals surface area (Å²) in [6.45, 7) is 1.35. The number of sulfonamides is 1. The molecule has 0 saturated heterocycles. The number of aromatic nitrogens is 3. The highest BCUT2D eigenvalue weighted by molar-refractivity contribution is 7.90. The van der Waals surface area contributed by atoms with E-state index in [0.29, 0.717) is 0 Å².